The second-order valence-corrected chi connectivity index (χ2v) is 6.08. The predicted octanol–water partition coefficient (Wildman–Crippen LogP) is 3.38. The molecule has 0 bridgehead atoms. The molecule has 4 heteroatoms. The summed E-state index contributed by atoms with van der Waals surface area (Å²) in [6.07, 6.45) is 1.14. The first-order valence-corrected chi connectivity index (χ1v) is 8.01. The Morgan fingerprint density at radius 3 is 2.84 bits per heavy atom. The van der Waals surface area contributed by atoms with Crippen molar-refractivity contribution in [3.63, 3.8) is 0 Å². The summed E-state index contributed by atoms with van der Waals surface area (Å²) in [4.78, 5) is 11.9. The summed E-state index contributed by atoms with van der Waals surface area (Å²) in [6, 6.07) is 7.83. The molecule has 0 aliphatic heterocycles. The molecule has 1 amide bonds. The van der Waals surface area contributed by atoms with Gasteiger partial charge in [0.25, 0.3) is 5.91 Å². The van der Waals surface area contributed by atoms with Gasteiger partial charge in [-0.05, 0) is 50.0 Å². The Labute approximate surface area is 120 Å². The van der Waals surface area contributed by atoms with Crippen LogP contribution < -0.4 is 10.6 Å². The molecule has 0 aliphatic carbocycles. The van der Waals surface area contributed by atoms with Crippen molar-refractivity contribution < 1.29 is 4.79 Å². The van der Waals surface area contributed by atoms with Crippen LogP contribution in [0.3, 0.4) is 0 Å². The van der Waals surface area contributed by atoms with Gasteiger partial charge in [-0.3, -0.25) is 4.79 Å². The van der Waals surface area contributed by atoms with Crippen LogP contribution in [-0.2, 0) is 0 Å². The number of hydrogen-bond acceptors (Lipinski definition) is 3. The SMILES string of the molecule is CCSCCCNc1cccc(C(=O)NC(C)C)c1. The molecule has 0 saturated carbocycles. The van der Waals surface area contributed by atoms with E-state index in [1.165, 1.54) is 11.5 Å². The highest BCUT2D eigenvalue weighted by Crippen LogP contribution is 2.11. The maximum atomic E-state index is 11.9. The minimum absolute atomic E-state index is 0.0137. The molecule has 0 atom stereocenters. The molecule has 0 fully saturated rings. The molecule has 19 heavy (non-hydrogen) atoms. The van der Waals surface area contributed by atoms with E-state index in [4.69, 9.17) is 0 Å². The molecule has 106 valence electrons. The topological polar surface area (TPSA) is 41.1 Å². The fourth-order valence-electron chi connectivity index (χ4n) is 1.67. The van der Waals surface area contributed by atoms with Gasteiger partial charge in [0.15, 0.2) is 0 Å². The van der Waals surface area contributed by atoms with Gasteiger partial charge in [-0.25, -0.2) is 0 Å². The summed E-state index contributed by atoms with van der Waals surface area (Å²) >= 11 is 1.95. The molecule has 0 saturated heterocycles. The molecule has 1 aromatic carbocycles. The molecule has 3 nitrogen and oxygen atoms in total. The highest BCUT2D eigenvalue weighted by molar-refractivity contribution is 7.99. The van der Waals surface area contributed by atoms with Crippen LogP contribution in [0, 0.1) is 0 Å². The third-order valence-electron chi connectivity index (χ3n) is 2.54. The van der Waals surface area contributed by atoms with Crippen molar-refractivity contribution in [1.29, 1.82) is 0 Å². The van der Waals surface area contributed by atoms with Gasteiger partial charge < -0.3 is 10.6 Å². The first kappa shape index (κ1) is 15.9. The number of carbonyl (C=O) groups excluding carboxylic acids is 1. The van der Waals surface area contributed by atoms with E-state index < -0.39 is 0 Å². The van der Waals surface area contributed by atoms with Gasteiger partial charge in [0.05, 0.1) is 0 Å². The lowest BCUT2D eigenvalue weighted by Crippen LogP contribution is -2.30. The quantitative estimate of drug-likeness (QED) is 0.717. The molecular weight excluding hydrogens is 256 g/mol. The molecule has 0 aromatic heterocycles. The van der Waals surface area contributed by atoms with E-state index in [0.29, 0.717) is 5.56 Å². The lowest BCUT2D eigenvalue weighted by atomic mass is 10.1. The van der Waals surface area contributed by atoms with Crippen LogP contribution in [0.15, 0.2) is 24.3 Å². The van der Waals surface area contributed by atoms with Gasteiger partial charge in [-0.15, -0.1) is 0 Å². The van der Waals surface area contributed by atoms with E-state index in [1.807, 2.05) is 49.9 Å². The Kier molecular flexibility index (Phi) is 7.41. The zero-order chi connectivity index (χ0) is 14.1. The number of amides is 1. The van der Waals surface area contributed by atoms with Gasteiger partial charge in [-0.2, -0.15) is 11.8 Å². The standard InChI is InChI=1S/C15H24N2OS/c1-4-19-10-6-9-16-14-8-5-7-13(11-14)15(18)17-12(2)3/h5,7-8,11-12,16H,4,6,9-10H2,1-3H3,(H,17,18). The Morgan fingerprint density at radius 1 is 1.37 bits per heavy atom. The van der Waals surface area contributed by atoms with Crippen LogP contribution in [-0.4, -0.2) is 30.0 Å². The van der Waals surface area contributed by atoms with Gasteiger partial charge in [0.2, 0.25) is 0 Å². The number of benzene rings is 1. The summed E-state index contributed by atoms with van der Waals surface area (Å²) in [5, 5.41) is 6.26. The number of rotatable bonds is 8. The van der Waals surface area contributed by atoms with Crippen molar-refractivity contribution in [2.45, 2.75) is 33.2 Å². The minimum atomic E-state index is -0.0137. The fourth-order valence-corrected chi connectivity index (χ4v) is 2.30. The van der Waals surface area contributed by atoms with E-state index >= 15 is 0 Å². The average molecular weight is 280 g/mol. The van der Waals surface area contributed by atoms with Crippen molar-refractivity contribution in [3.05, 3.63) is 29.8 Å². The summed E-state index contributed by atoms with van der Waals surface area (Å²) in [6.45, 7) is 7.05. The molecule has 0 heterocycles. The van der Waals surface area contributed by atoms with Gasteiger partial charge in [0, 0.05) is 23.8 Å². The molecule has 1 rings (SSSR count). The minimum Gasteiger partial charge on any atom is -0.385 e. The number of anilines is 1. The van der Waals surface area contributed by atoms with Crippen LogP contribution in [0.5, 0.6) is 0 Å². The Morgan fingerprint density at radius 2 is 2.16 bits per heavy atom. The first-order chi connectivity index (χ1) is 9.13. The molecule has 2 N–H and O–H groups in total. The van der Waals surface area contributed by atoms with Crippen LogP contribution in [0.25, 0.3) is 0 Å². The zero-order valence-electron chi connectivity index (χ0n) is 12.0. The lowest BCUT2D eigenvalue weighted by molar-refractivity contribution is 0.0943. The van der Waals surface area contributed by atoms with E-state index in [9.17, 15) is 4.79 Å². The summed E-state index contributed by atoms with van der Waals surface area (Å²) in [5.74, 6) is 2.34. The summed E-state index contributed by atoms with van der Waals surface area (Å²) in [7, 11) is 0. The Hall–Kier alpha value is -1.16. The third kappa shape index (κ3) is 6.53. The molecule has 0 aliphatic rings. The molecule has 0 unspecified atom stereocenters. The number of carbonyl (C=O) groups is 1. The summed E-state index contributed by atoms with van der Waals surface area (Å²) in [5.41, 5.74) is 1.72. The normalized spacial score (nSPS) is 10.5. The fraction of sp³-hybridized carbons (Fsp3) is 0.533. The molecule has 1 aromatic rings. The maximum Gasteiger partial charge on any atom is 0.251 e. The van der Waals surface area contributed by atoms with Crippen LogP contribution in [0.4, 0.5) is 5.69 Å². The van der Waals surface area contributed by atoms with Gasteiger partial charge in [-0.1, -0.05) is 13.0 Å². The lowest BCUT2D eigenvalue weighted by Gasteiger charge is -2.10. The monoisotopic (exact) mass is 280 g/mol. The van der Waals surface area contributed by atoms with E-state index in [2.05, 4.69) is 17.6 Å². The second kappa shape index (κ2) is 8.86. The van der Waals surface area contributed by atoms with Crippen molar-refractivity contribution in [1.82, 2.24) is 5.32 Å². The summed E-state index contributed by atoms with van der Waals surface area (Å²) < 4.78 is 0. The number of thioether (sulfide) groups is 1. The van der Waals surface area contributed by atoms with Gasteiger partial charge >= 0.3 is 0 Å². The van der Waals surface area contributed by atoms with Crippen LogP contribution in [0.1, 0.15) is 37.6 Å². The highest BCUT2D eigenvalue weighted by Gasteiger charge is 2.06. The largest absolute Gasteiger partial charge is 0.385 e. The number of nitrogens with one attached hydrogen (secondary N) is 2. The first-order valence-electron chi connectivity index (χ1n) is 6.86. The zero-order valence-corrected chi connectivity index (χ0v) is 12.8. The Bertz CT molecular complexity index is 393. The molecule has 0 spiro atoms. The van der Waals surface area contributed by atoms with Gasteiger partial charge in [0.1, 0.15) is 0 Å². The van der Waals surface area contributed by atoms with Crippen LogP contribution in [0.2, 0.25) is 0 Å². The maximum absolute atomic E-state index is 11.9. The predicted molar refractivity (Wildman–Crippen MR) is 85.1 cm³/mol. The van der Waals surface area contributed by atoms with Crippen molar-refractivity contribution in [2.24, 2.45) is 0 Å². The van der Waals surface area contributed by atoms with Crippen LogP contribution >= 0.6 is 11.8 Å². The number of hydrogen-bond donors (Lipinski definition) is 2. The Balaban J connectivity index is 2.45. The molecular formula is C15H24N2OS. The van der Waals surface area contributed by atoms with E-state index in [1.54, 1.807) is 0 Å². The van der Waals surface area contributed by atoms with Crippen molar-refractivity contribution in [3.8, 4) is 0 Å². The van der Waals surface area contributed by atoms with E-state index in [-0.39, 0.29) is 11.9 Å². The average Bonchev–Trinajstić information content (AvgIpc) is 2.38. The third-order valence-corrected chi connectivity index (χ3v) is 3.53. The smallest absolute Gasteiger partial charge is 0.251 e. The van der Waals surface area contributed by atoms with Crippen molar-refractivity contribution in [2.75, 3.05) is 23.4 Å². The van der Waals surface area contributed by atoms with Crippen molar-refractivity contribution >= 4 is 23.4 Å². The molecule has 0 radical (unpaired) electrons. The van der Waals surface area contributed by atoms with E-state index in [0.717, 1.165) is 18.7 Å². The highest BCUT2D eigenvalue weighted by atomic mass is 32.2. The second-order valence-electron chi connectivity index (χ2n) is 4.69.